The molecule has 0 heterocycles. The molecule has 0 saturated heterocycles. The number of hydrogen-bond donors (Lipinski definition) is 1. The van der Waals surface area contributed by atoms with Gasteiger partial charge < -0.3 is 14.6 Å². The summed E-state index contributed by atoms with van der Waals surface area (Å²) in [6.07, 6.45) is 9.08. The third kappa shape index (κ3) is 15.9. The number of rotatable bonds is 14. The van der Waals surface area contributed by atoms with Crippen molar-refractivity contribution in [2.24, 2.45) is 0 Å². The topological polar surface area (TPSA) is 38.7 Å². The standard InChI is InChI=1S/C14H30O3/c1-2-3-4-7-11-16-13-9-14-17-12-8-5-6-10-15/h15H,2-14H2,1H3. The second-order valence-electron chi connectivity index (χ2n) is 4.42. The van der Waals surface area contributed by atoms with E-state index in [4.69, 9.17) is 14.6 Å². The van der Waals surface area contributed by atoms with Crippen LogP contribution in [0.4, 0.5) is 0 Å². The molecular formula is C14H30O3. The molecular weight excluding hydrogens is 216 g/mol. The first-order chi connectivity index (χ1) is 8.41. The number of aliphatic hydroxyl groups excluding tert-OH is 1. The van der Waals surface area contributed by atoms with Crippen molar-refractivity contribution in [3.63, 3.8) is 0 Å². The zero-order chi connectivity index (χ0) is 12.6. The Morgan fingerprint density at radius 3 is 1.71 bits per heavy atom. The lowest BCUT2D eigenvalue weighted by Crippen LogP contribution is -2.03. The van der Waals surface area contributed by atoms with E-state index in [1.165, 1.54) is 25.7 Å². The minimum absolute atomic E-state index is 0.297. The Morgan fingerprint density at radius 1 is 0.647 bits per heavy atom. The minimum atomic E-state index is 0.297. The van der Waals surface area contributed by atoms with Gasteiger partial charge in [0.1, 0.15) is 0 Å². The van der Waals surface area contributed by atoms with E-state index in [1.807, 2.05) is 0 Å². The van der Waals surface area contributed by atoms with Gasteiger partial charge in [0.05, 0.1) is 0 Å². The minimum Gasteiger partial charge on any atom is -0.396 e. The Morgan fingerprint density at radius 2 is 1.18 bits per heavy atom. The summed E-state index contributed by atoms with van der Waals surface area (Å²) in [6, 6.07) is 0. The quantitative estimate of drug-likeness (QED) is 0.478. The van der Waals surface area contributed by atoms with Crippen LogP contribution in [-0.4, -0.2) is 38.1 Å². The second kappa shape index (κ2) is 15.9. The molecule has 17 heavy (non-hydrogen) atoms. The average molecular weight is 246 g/mol. The fourth-order valence-electron chi connectivity index (χ4n) is 1.59. The Kier molecular flexibility index (Phi) is 15.8. The van der Waals surface area contributed by atoms with Crippen LogP contribution in [0.25, 0.3) is 0 Å². The van der Waals surface area contributed by atoms with Crippen molar-refractivity contribution >= 4 is 0 Å². The highest BCUT2D eigenvalue weighted by Crippen LogP contribution is 1.99. The van der Waals surface area contributed by atoms with Crippen molar-refractivity contribution in [3.05, 3.63) is 0 Å². The molecule has 3 nitrogen and oxygen atoms in total. The van der Waals surface area contributed by atoms with Gasteiger partial charge in [-0.3, -0.25) is 0 Å². The van der Waals surface area contributed by atoms with E-state index in [1.54, 1.807) is 0 Å². The predicted molar refractivity (Wildman–Crippen MR) is 71.3 cm³/mol. The zero-order valence-corrected chi connectivity index (χ0v) is 11.5. The maximum absolute atomic E-state index is 8.59. The van der Waals surface area contributed by atoms with Crippen LogP contribution in [0, 0.1) is 0 Å². The zero-order valence-electron chi connectivity index (χ0n) is 11.5. The van der Waals surface area contributed by atoms with E-state index in [0.29, 0.717) is 6.61 Å². The van der Waals surface area contributed by atoms with Crippen molar-refractivity contribution in [1.29, 1.82) is 0 Å². The number of ether oxygens (including phenoxy) is 2. The van der Waals surface area contributed by atoms with Crippen molar-refractivity contribution in [3.8, 4) is 0 Å². The van der Waals surface area contributed by atoms with Gasteiger partial charge in [0.25, 0.3) is 0 Å². The second-order valence-corrected chi connectivity index (χ2v) is 4.42. The third-order valence-corrected chi connectivity index (χ3v) is 2.67. The van der Waals surface area contributed by atoms with Crippen LogP contribution >= 0.6 is 0 Å². The van der Waals surface area contributed by atoms with Gasteiger partial charge in [-0.05, 0) is 32.1 Å². The summed E-state index contributed by atoms with van der Waals surface area (Å²) in [6.45, 7) is 5.86. The third-order valence-electron chi connectivity index (χ3n) is 2.67. The molecule has 0 rings (SSSR count). The van der Waals surface area contributed by atoms with Crippen LogP contribution in [0.1, 0.15) is 58.3 Å². The van der Waals surface area contributed by atoms with Crippen molar-refractivity contribution in [1.82, 2.24) is 0 Å². The van der Waals surface area contributed by atoms with Crippen LogP contribution in [0.5, 0.6) is 0 Å². The normalized spacial score (nSPS) is 10.9. The Labute approximate surface area is 107 Å². The van der Waals surface area contributed by atoms with Gasteiger partial charge >= 0.3 is 0 Å². The molecule has 0 aromatic carbocycles. The lowest BCUT2D eigenvalue weighted by molar-refractivity contribution is 0.0791. The van der Waals surface area contributed by atoms with E-state index < -0.39 is 0 Å². The molecule has 3 heteroatoms. The lowest BCUT2D eigenvalue weighted by Gasteiger charge is -2.05. The molecule has 0 aliphatic heterocycles. The summed E-state index contributed by atoms with van der Waals surface area (Å²) in [7, 11) is 0. The number of aliphatic hydroxyl groups is 1. The monoisotopic (exact) mass is 246 g/mol. The molecule has 1 N–H and O–H groups in total. The molecule has 0 amide bonds. The van der Waals surface area contributed by atoms with E-state index in [0.717, 1.165) is 52.1 Å². The van der Waals surface area contributed by atoms with Crippen LogP contribution in [0.2, 0.25) is 0 Å². The maximum Gasteiger partial charge on any atom is 0.0487 e. The van der Waals surface area contributed by atoms with E-state index in [2.05, 4.69) is 6.92 Å². The first-order valence-electron chi connectivity index (χ1n) is 7.18. The summed E-state index contributed by atoms with van der Waals surface area (Å²) in [4.78, 5) is 0. The summed E-state index contributed by atoms with van der Waals surface area (Å²) in [5.74, 6) is 0. The molecule has 0 radical (unpaired) electrons. The van der Waals surface area contributed by atoms with E-state index in [-0.39, 0.29) is 0 Å². The van der Waals surface area contributed by atoms with Crippen molar-refractivity contribution in [2.45, 2.75) is 58.3 Å². The lowest BCUT2D eigenvalue weighted by atomic mass is 10.2. The van der Waals surface area contributed by atoms with Gasteiger partial charge in [-0.25, -0.2) is 0 Å². The predicted octanol–water partition coefficient (Wildman–Crippen LogP) is 3.15. The Balaban J connectivity index is 2.85. The smallest absolute Gasteiger partial charge is 0.0487 e. The first kappa shape index (κ1) is 16.9. The number of unbranched alkanes of at least 4 members (excludes halogenated alkanes) is 5. The summed E-state index contributed by atoms with van der Waals surface area (Å²) in [5, 5.41) is 8.59. The molecule has 0 bridgehead atoms. The maximum atomic E-state index is 8.59. The Bertz CT molecular complexity index is 115. The molecule has 104 valence electrons. The van der Waals surface area contributed by atoms with Gasteiger partial charge in [-0.15, -0.1) is 0 Å². The fraction of sp³-hybridized carbons (Fsp3) is 1.00. The highest BCUT2D eigenvalue weighted by atomic mass is 16.5. The highest BCUT2D eigenvalue weighted by Gasteiger charge is 1.92. The fourth-order valence-corrected chi connectivity index (χ4v) is 1.59. The molecule has 0 aliphatic carbocycles. The molecule has 0 spiro atoms. The molecule has 0 aromatic rings. The molecule has 0 fully saturated rings. The molecule has 0 atom stereocenters. The van der Waals surface area contributed by atoms with Gasteiger partial charge in [0.15, 0.2) is 0 Å². The molecule has 0 unspecified atom stereocenters. The van der Waals surface area contributed by atoms with Crippen LogP contribution in [0.15, 0.2) is 0 Å². The largest absolute Gasteiger partial charge is 0.396 e. The molecule has 0 aliphatic rings. The van der Waals surface area contributed by atoms with Crippen molar-refractivity contribution < 1.29 is 14.6 Å². The van der Waals surface area contributed by atoms with Crippen molar-refractivity contribution in [2.75, 3.05) is 33.0 Å². The van der Waals surface area contributed by atoms with Gasteiger partial charge in [0.2, 0.25) is 0 Å². The van der Waals surface area contributed by atoms with Gasteiger partial charge in [0, 0.05) is 33.0 Å². The highest BCUT2D eigenvalue weighted by molar-refractivity contribution is 4.42. The van der Waals surface area contributed by atoms with E-state index in [9.17, 15) is 0 Å². The number of hydrogen-bond acceptors (Lipinski definition) is 3. The SMILES string of the molecule is CCCCCCOCCCOCCCCCO. The summed E-state index contributed by atoms with van der Waals surface area (Å²) < 4.78 is 11.0. The van der Waals surface area contributed by atoms with Crippen LogP contribution in [0.3, 0.4) is 0 Å². The van der Waals surface area contributed by atoms with E-state index >= 15 is 0 Å². The summed E-state index contributed by atoms with van der Waals surface area (Å²) >= 11 is 0. The molecule has 0 saturated carbocycles. The summed E-state index contributed by atoms with van der Waals surface area (Å²) in [5.41, 5.74) is 0. The first-order valence-corrected chi connectivity index (χ1v) is 7.18. The van der Waals surface area contributed by atoms with Gasteiger partial charge in [-0.2, -0.15) is 0 Å². The average Bonchev–Trinajstić information content (AvgIpc) is 2.35. The van der Waals surface area contributed by atoms with Crippen LogP contribution in [-0.2, 0) is 9.47 Å². The van der Waals surface area contributed by atoms with Crippen LogP contribution < -0.4 is 0 Å². The molecule has 0 aromatic heterocycles. The Hall–Kier alpha value is -0.120. The van der Waals surface area contributed by atoms with Gasteiger partial charge in [-0.1, -0.05) is 26.2 Å².